The standard InChI is InChI=1S/C14H22O6/c1-6-14-10(19-13(4,5)20-14)9(17-11(14)15)8-7-16-12(2,3)18-8/h8-10H,6-7H2,1-5H3/t8-,9-,10+,14+/m1/s1. The molecule has 114 valence electrons. The van der Waals surface area contributed by atoms with Crippen LogP contribution in [-0.4, -0.2) is 48.1 Å². The minimum Gasteiger partial charge on any atom is -0.454 e. The third-order valence-electron chi connectivity index (χ3n) is 4.11. The molecule has 4 atom stereocenters. The van der Waals surface area contributed by atoms with Crippen molar-refractivity contribution in [2.24, 2.45) is 0 Å². The van der Waals surface area contributed by atoms with Gasteiger partial charge >= 0.3 is 5.97 Å². The molecule has 0 aromatic rings. The summed E-state index contributed by atoms with van der Waals surface area (Å²) in [6.45, 7) is 9.58. The molecule has 0 aromatic carbocycles. The average Bonchev–Trinajstić information content (AvgIpc) is 2.90. The maximum atomic E-state index is 12.3. The molecule has 0 N–H and O–H groups in total. The Kier molecular flexibility index (Phi) is 2.97. The van der Waals surface area contributed by atoms with Gasteiger partial charge in [-0.25, -0.2) is 4.79 Å². The highest BCUT2D eigenvalue weighted by Gasteiger charge is 2.68. The molecule has 20 heavy (non-hydrogen) atoms. The van der Waals surface area contributed by atoms with Crippen LogP contribution in [0.1, 0.15) is 41.0 Å². The van der Waals surface area contributed by atoms with Gasteiger partial charge in [-0.05, 0) is 34.1 Å². The lowest BCUT2D eigenvalue weighted by Crippen LogP contribution is -2.46. The first-order valence-corrected chi connectivity index (χ1v) is 7.10. The van der Waals surface area contributed by atoms with E-state index in [0.29, 0.717) is 13.0 Å². The molecule has 3 fully saturated rings. The fourth-order valence-electron chi connectivity index (χ4n) is 3.26. The third kappa shape index (κ3) is 1.97. The van der Waals surface area contributed by atoms with Crippen LogP contribution in [-0.2, 0) is 28.5 Å². The highest BCUT2D eigenvalue weighted by atomic mass is 16.8. The number of hydrogen-bond donors (Lipinski definition) is 0. The second kappa shape index (κ2) is 4.16. The van der Waals surface area contributed by atoms with Crippen LogP contribution >= 0.6 is 0 Å². The van der Waals surface area contributed by atoms with Gasteiger partial charge in [0.1, 0.15) is 12.2 Å². The molecular formula is C14H22O6. The Balaban J connectivity index is 1.87. The van der Waals surface area contributed by atoms with Crippen molar-refractivity contribution in [3.63, 3.8) is 0 Å². The van der Waals surface area contributed by atoms with E-state index in [2.05, 4.69) is 0 Å². The monoisotopic (exact) mass is 286 g/mol. The maximum absolute atomic E-state index is 12.3. The van der Waals surface area contributed by atoms with Gasteiger partial charge in [-0.3, -0.25) is 0 Å². The van der Waals surface area contributed by atoms with Crippen molar-refractivity contribution >= 4 is 5.97 Å². The van der Waals surface area contributed by atoms with Crippen LogP contribution in [0.4, 0.5) is 0 Å². The smallest absolute Gasteiger partial charge is 0.341 e. The van der Waals surface area contributed by atoms with Gasteiger partial charge in [0, 0.05) is 0 Å². The molecule has 0 aliphatic carbocycles. The first kappa shape index (κ1) is 14.3. The SMILES string of the molecule is CC[C@]12OC(C)(C)O[C@H]1[C@@H]([C@H]1COC(C)(C)O1)OC2=O. The molecular weight excluding hydrogens is 264 g/mol. The van der Waals surface area contributed by atoms with E-state index in [-0.39, 0.29) is 12.1 Å². The van der Waals surface area contributed by atoms with Crippen LogP contribution in [0.2, 0.25) is 0 Å². The summed E-state index contributed by atoms with van der Waals surface area (Å²) in [5, 5.41) is 0. The van der Waals surface area contributed by atoms with Crippen molar-refractivity contribution in [3.8, 4) is 0 Å². The van der Waals surface area contributed by atoms with E-state index in [9.17, 15) is 4.79 Å². The summed E-state index contributed by atoms with van der Waals surface area (Å²) < 4.78 is 28.7. The van der Waals surface area contributed by atoms with E-state index in [4.69, 9.17) is 23.7 Å². The van der Waals surface area contributed by atoms with Crippen molar-refractivity contribution in [1.29, 1.82) is 0 Å². The molecule has 3 saturated heterocycles. The molecule has 0 aromatic heterocycles. The molecule has 0 radical (unpaired) electrons. The molecule has 0 unspecified atom stereocenters. The zero-order valence-electron chi connectivity index (χ0n) is 12.6. The largest absolute Gasteiger partial charge is 0.454 e. The zero-order chi connectivity index (χ0) is 14.8. The van der Waals surface area contributed by atoms with E-state index in [0.717, 1.165) is 0 Å². The molecule has 0 saturated carbocycles. The second-order valence-corrected chi connectivity index (χ2v) is 6.52. The molecule has 6 heteroatoms. The Hall–Kier alpha value is -0.690. The normalized spacial score (nSPS) is 45.5. The average molecular weight is 286 g/mol. The van der Waals surface area contributed by atoms with Crippen LogP contribution in [0.25, 0.3) is 0 Å². The Bertz CT molecular complexity index is 431. The van der Waals surface area contributed by atoms with Gasteiger partial charge in [0.05, 0.1) is 6.61 Å². The number of rotatable bonds is 2. The van der Waals surface area contributed by atoms with Crippen molar-refractivity contribution in [2.45, 2.75) is 76.5 Å². The molecule has 0 amide bonds. The Labute approximate surface area is 118 Å². The Morgan fingerprint density at radius 3 is 2.40 bits per heavy atom. The fraction of sp³-hybridized carbons (Fsp3) is 0.929. The maximum Gasteiger partial charge on any atom is 0.341 e. The summed E-state index contributed by atoms with van der Waals surface area (Å²) in [6.07, 6.45) is -0.777. The van der Waals surface area contributed by atoms with Crippen molar-refractivity contribution in [1.82, 2.24) is 0 Å². The number of esters is 1. The first-order chi connectivity index (χ1) is 9.19. The predicted molar refractivity (Wildman–Crippen MR) is 67.8 cm³/mol. The predicted octanol–water partition coefficient (Wildman–Crippen LogP) is 1.36. The molecule has 3 heterocycles. The first-order valence-electron chi connectivity index (χ1n) is 7.10. The van der Waals surface area contributed by atoms with Gasteiger partial charge in [-0.1, -0.05) is 6.92 Å². The summed E-state index contributed by atoms with van der Waals surface area (Å²) in [6, 6.07) is 0. The summed E-state index contributed by atoms with van der Waals surface area (Å²) in [5.41, 5.74) is -1.02. The summed E-state index contributed by atoms with van der Waals surface area (Å²) in [4.78, 5) is 12.3. The highest BCUT2D eigenvalue weighted by Crippen LogP contribution is 2.48. The molecule has 3 aliphatic heterocycles. The van der Waals surface area contributed by atoms with E-state index < -0.39 is 29.4 Å². The topological polar surface area (TPSA) is 63.2 Å². The van der Waals surface area contributed by atoms with Crippen LogP contribution in [0.3, 0.4) is 0 Å². The van der Waals surface area contributed by atoms with Crippen LogP contribution in [0.5, 0.6) is 0 Å². The van der Waals surface area contributed by atoms with Gasteiger partial charge < -0.3 is 23.7 Å². The van der Waals surface area contributed by atoms with Gasteiger partial charge in [-0.15, -0.1) is 0 Å². The second-order valence-electron chi connectivity index (χ2n) is 6.52. The molecule has 0 bridgehead atoms. The molecule has 3 aliphatic rings. The minimum absolute atomic E-state index is 0.329. The number of fused-ring (bicyclic) bond motifs is 1. The minimum atomic E-state index is -1.02. The van der Waals surface area contributed by atoms with Crippen LogP contribution in [0, 0.1) is 0 Å². The van der Waals surface area contributed by atoms with Gasteiger partial charge in [0.25, 0.3) is 0 Å². The van der Waals surface area contributed by atoms with Gasteiger partial charge in [-0.2, -0.15) is 0 Å². The fourth-order valence-corrected chi connectivity index (χ4v) is 3.26. The van der Waals surface area contributed by atoms with E-state index in [1.54, 1.807) is 0 Å². The lowest BCUT2D eigenvalue weighted by molar-refractivity contribution is -0.208. The van der Waals surface area contributed by atoms with Crippen molar-refractivity contribution in [3.05, 3.63) is 0 Å². The Morgan fingerprint density at radius 1 is 1.15 bits per heavy atom. The lowest BCUT2D eigenvalue weighted by Gasteiger charge is -2.25. The van der Waals surface area contributed by atoms with Crippen molar-refractivity contribution in [2.75, 3.05) is 6.61 Å². The van der Waals surface area contributed by atoms with Gasteiger partial charge in [0.15, 0.2) is 23.3 Å². The van der Waals surface area contributed by atoms with E-state index in [1.165, 1.54) is 0 Å². The van der Waals surface area contributed by atoms with Crippen LogP contribution in [0.15, 0.2) is 0 Å². The number of carbonyl (C=O) groups excluding carboxylic acids is 1. The summed E-state index contributed by atoms with van der Waals surface area (Å²) in [7, 11) is 0. The number of cyclic esters (lactones) is 1. The molecule has 0 spiro atoms. The Morgan fingerprint density at radius 2 is 1.85 bits per heavy atom. The zero-order valence-corrected chi connectivity index (χ0v) is 12.6. The number of ether oxygens (including phenoxy) is 5. The van der Waals surface area contributed by atoms with E-state index >= 15 is 0 Å². The number of hydrogen-bond acceptors (Lipinski definition) is 6. The molecule has 6 nitrogen and oxygen atoms in total. The highest BCUT2D eigenvalue weighted by molar-refractivity contribution is 5.83. The number of carbonyl (C=O) groups is 1. The van der Waals surface area contributed by atoms with E-state index in [1.807, 2.05) is 34.6 Å². The summed E-state index contributed by atoms with van der Waals surface area (Å²) >= 11 is 0. The van der Waals surface area contributed by atoms with Gasteiger partial charge in [0.2, 0.25) is 0 Å². The molecule has 3 rings (SSSR count). The lowest BCUT2D eigenvalue weighted by atomic mass is 9.91. The summed E-state index contributed by atoms with van der Waals surface area (Å²) in [5.74, 6) is -1.83. The quantitative estimate of drug-likeness (QED) is 0.714. The van der Waals surface area contributed by atoms with Crippen LogP contribution < -0.4 is 0 Å². The third-order valence-corrected chi connectivity index (χ3v) is 4.11. The van der Waals surface area contributed by atoms with Crippen molar-refractivity contribution < 1.29 is 28.5 Å².